The molecular formula is C31H31NO4. The van der Waals surface area contributed by atoms with Crippen LogP contribution >= 0.6 is 0 Å². The number of carbonyl (C=O) groups is 1. The van der Waals surface area contributed by atoms with Crippen molar-refractivity contribution in [2.45, 2.75) is 31.8 Å². The average molecular weight is 482 g/mol. The summed E-state index contributed by atoms with van der Waals surface area (Å²) >= 11 is 0. The van der Waals surface area contributed by atoms with E-state index < -0.39 is 5.97 Å². The Morgan fingerprint density at radius 2 is 1.83 bits per heavy atom. The summed E-state index contributed by atoms with van der Waals surface area (Å²) in [5.74, 6) is 0.756. The normalized spacial score (nSPS) is 16.8. The third-order valence-corrected chi connectivity index (χ3v) is 6.86. The number of fused-ring (bicyclic) bond motifs is 2. The third-order valence-electron chi connectivity index (χ3n) is 6.86. The fraction of sp³-hybridized carbons (Fsp3) is 0.258. The second kappa shape index (κ2) is 10.8. The van der Waals surface area contributed by atoms with Crippen molar-refractivity contribution in [1.82, 2.24) is 5.32 Å². The molecule has 4 aromatic rings. The van der Waals surface area contributed by atoms with E-state index in [1.165, 1.54) is 27.5 Å². The second-order valence-electron chi connectivity index (χ2n) is 9.37. The SMILES string of the molecule is Cc1cc(C2CC(CNCCc3cccc4ccccc34)Oc3ccccc32)ccc1OCC(=O)O. The zero-order chi connectivity index (χ0) is 24.9. The number of para-hydroxylation sites is 1. The highest BCUT2D eigenvalue weighted by Crippen LogP contribution is 2.41. The molecule has 1 heterocycles. The van der Waals surface area contributed by atoms with E-state index in [4.69, 9.17) is 14.6 Å². The van der Waals surface area contributed by atoms with Crippen LogP contribution in [0.2, 0.25) is 0 Å². The van der Waals surface area contributed by atoms with Crippen LogP contribution in [0.1, 0.15) is 34.6 Å². The molecule has 0 bridgehead atoms. The summed E-state index contributed by atoms with van der Waals surface area (Å²) in [7, 11) is 0. The Labute approximate surface area is 211 Å². The summed E-state index contributed by atoms with van der Waals surface area (Å²) in [6.45, 7) is 3.27. The molecule has 0 saturated carbocycles. The van der Waals surface area contributed by atoms with E-state index in [2.05, 4.69) is 66.0 Å². The van der Waals surface area contributed by atoms with Gasteiger partial charge in [-0.2, -0.15) is 0 Å². The molecule has 5 nitrogen and oxygen atoms in total. The molecule has 36 heavy (non-hydrogen) atoms. The Morgan fingerprint density at radius 1 is 1.03 bits per heavy atom. The fourth-order valence-corrected chi connectivity index (χ4v) is 5.12. The van der Waals surface area contributed by atoms with Crippen LogP contribution in [0, 0.1) is 6.92 Å². The molecule has 2 N–H and O–H groups in total. The van der Waals surface area contributed by atoms with Crippen LogP contribution in [0.15, 0.2) is 84.9 Å². The summed E-state index contributed by atoms with van der Waals surface area (Å²) in [6.07, 6.45) is 1.89. The van der Waals surface area contributed by atoms with E-state index in [1.54, 1.807) is 0 Å². The van der Waals surface area contributed by atoms with Crippen LogP contribution in [0.25, 0.3) is 10.8 Å². The molecule has 5 rings (SSSR count). The van der Waals surface area contributed by atoms with E-state index in [0.29, 0.717) is 5.75 Å². The van der Waals surface area contributed by atoms with Gasteiger partial charge >= 0.3 is 5.97 Å². The van der Waals surface area contributed by atoms with Crippen LogP contribution < -0.4 is 14.8 Å². The molecule has 2 unspecified atom stereocenters. The number of aryl methyl sites for hydroxylation is 1. The van der Waals surface area contributed by atoms with Gasteiger partial charge in [0.1, 0.15) is 17.6 Å². The van der Waals surface area contributed by atoms with E-state index >= 15 is 0 Å². The molecule has 2 atom stereocenters. The first kappa shape index (κ1) is 23.9. The molecule has 184 valence electrons. The van der Waals surface area contributed by atoms with Gasteiger partial charge in [0.25, 0.3) is 0 Å². The molecule has 0 saturated heterocycles. The van der Waals surface area contributed by atoms with Crippen molar-refractivity contribution in [3.63, 3.8) is 0 Å². The van der Waals surface area contributed by atoms with Gasteiger partial charge in [0.05, 0.1) is 0 Å². The topological polar surface area (TPSA) is 67.8 Å². The van der Waals surface area contributed by atoms with Crippen molar-refractivity contribution in [2.24, 2.45) is 0 Å². The maximum absolute atomic E-state index is 10.9. The lowest BCUT2D eigenvalue weighted by Crippen LogP contribution is -2.36. The lowest BCUT2D eigenvalue weighted by Gasteiger charge is -2.33. The number of aliphatic carboxylic acids is 1. The van der Waals surface area contributed by atoms with Gasteiger partial charge in [-0.3, -0.25) is 0 Å². The Kier molecular flexibility index (Phi) is 7.19. The minimum absolute atomic E-state index is 0.0562. The molecule has 0 radical (unpaired) electrons. The van der Waals surface area contributed by atoms with Gasteiger partial charge in [0, 0.05) is 18.0 Å². The monoisotopic (exact) mass is 481 g/mol. The summed E-state index contributed by atoms with van der Waals surface area (Å²) in [4.78, 5) is 10.9. The van der Waals surface area contributed by atoms with Crippen LogP contribution in [0.5, 0.6) is 11.5 Å². The molecule has 4 aromatic carbocycles. The fourth-order valence-electron chi connectivity index (χ4n) is 5.12. The van der Waals surface area contributed by atoms with Crippen molar-refractivity contribution < 1.29 is 19.4 Å². The summed E-state index contributed by atoms with van der Waals surface area (Å²) < 4.78 is 11.8. The lowest BCUT2D eigenvalue weighted by molar-refractivity contribution is -0.139. The number of hydrogen-bond acceptors (Lipinski definition) is 4. The van der Waals surface area contributed by atoms with E-state index in [1.807, 2.05) is 31.2 Å². The molecule has 0 aliphatic carbocycles. The van der Waals surface area contributed by atoms with Gasteiger partial charge in [-0.25, -0.2) is 4.79 Å². The number of carboxylic acids is 1. The highest BCUT2D eigenvalue weighted by atomic mass is 16.5. The molecule has 5 heteroatoms. The van der Waals surface area contributed by atoms with E-state index in [0.717, 1.165) is 37.2 Å². The maximum atomic E-state index is 10.9. The van der Waals surface area contributed by atoms with Crippen LogP contribution in [0.4, 0.5) is 0 Å². The van der Waals surface area contributed by atoms with Gasteiger partial charge in [-0.15, -0.1) is 0 Å². The highest BCUT2D eigenvalue weighted by Gasteiger charge is 2.29. The summed E-state index contributed by atoms with van der Waals surface area (Å²) in [6, 6.07) is 29.3. The Bertz CT molecular complexity index is 1360. The first-order chi connectivity index (χ1) is 17.6. The molecule has 0 aromatic heterocycles. The third kappa shape index (κ3) is 5.37. The van der Waals surface area contributed by atoms with Crippen molar-refractivity contribution >= 4 is 16.7 Å². The standard InChI is InChI=1S/C31H31NO4/c1-21-17-24(13-14-29(21)35-20-31(33)34)28-18-25(36-30-12-5-4-11-27(28)30)19-32-16-15-23-9-6-8-22-7-2-3-10-26(22)23/h2-14,17,25,28,32H,15-16,18-20H2,1H3,(H,33,34). The average Bonchev–Trinajstić information content (AvgIpc) is 2.90. The number of nitrogens with one attached hydrogen (secondary N) is 1. The Morgan fingerprint density at radius 3 is 2.69 bits per heavy atom. The number of rotatable bonds is 9. The highest BCUT2D eigenvalue weighted by molar-refractivity contribution is 5.85. The van der Waals surface area contributed by atoms with E-state index in [9.17, 15) is 4.79 Å². The van der Waals surface area contributed by atoms with Crippen LogP contribution in [-0.2, 0) is 11.2 Å². The molecular weight excluding hydrogens is 450 g/mol. The first-order valence-electron chi connectivity index (χ1n) is 12.5. The smallest absolute Gasteiger partial charge is 0.341 e. The van der Waals surface area contributed by atoms with Crippen LogP contribution in [0.3, 0.4) is 0 Å². The minimum Gasteiger partial charge on any atom is -0.489 e. The zero-order valence-corrected chi connectivity index (χ0v) is 20.4. The maximum Gasteiger partial charge on any atom is 0.341 e. The predicted molar refractivity (Wildman–Crippen MR) is 142 cm³/mol. The summed E-state index contributed by atoms with van der Waals surface area (Å²) in [5, 5.41) is 15.1. The number of hydrogen-bond donors (Lipinski definition) is 2. The van der Waals surface area contributed by atoms with Crippen molar-refractivity contribution in [1.29, 1.82) is 0 Å². The second-order valence-corrected chi connectivity index (χ2v) is 9.37. The zero-order valence-electron chi connectivity index (χ0n) is 20.4. The van der Waals surface area contributed by atoms with Gasteiger partial charge in [-0.05, 0) is 65.9 Å². The number of carboxylic acid groups (broad SMARTS) is 1. The van der Waals surface area contributed by atoms with Crippen molar-refractivity contribution in [3.8, 4) is 11.5 Å². The van der Waals surface area contributed by atoms with Crippen molar-refractivity contribution in [2.75, 3.05) is 19.7 Å². The van der Waals surface area contributed by atoms with Gasteiger partial charge in [0.2, 0.25) is 0 Å². The Balaban J connectivity index is 1.26. The van der Waals surface area contributed by atoms with Crippen molar-refractivity contribution in [3.05, 3.63) is 107 Å². The lowest BCUT2D eigenvalue weighted by atomic mass is 9.83. The molecule has 0 fully saturated rings. The molecule has 0 amide bonds. The number of ether oxygens (including phenoxy) is 2. The first-order valence-corrected chi connectivity index (χ1v) is 12.5. The van der Waals surface area contributed by atoms with Gasteiger partial charge in [0.15, 0.2) is 6.61 Å². The quantitative estimate of drug-likeness (QED) is 0.299. The predicted octanol–water partition coefficient (Wildman–Crippen LogP) is 5.73. The largest absolute Gasteiger partial charge is 0.489 e. The van der Waals surface area contributed by atoms with E-state index in [-0.39, 0.29) is 18.6 Å². The van der Waals surface area contributed by atoms with Crippen LogP contribution in [-0.4, -0.2) is 36.9 Å². The van der Waals surface area contributed by atoms with Gasteiger partial charge < -0.3 is 19.9 Å². The molecule has 1 aliphatic rings. The number of benzene rings is 4. The molecule has 1 aliphatic heterocycles. The minimum atomic E-state index is -0.979. The summed E-state index contributed by atoms with van der Waals surface area (Å²) in [5.41, 5.74) is 4.66. The Hall–Kier alpha value is -3.83. The van der Waals surface area contributed by atoms with Gasteiger partial charge in [-0.1, -0.05) is 72.8 Å². The molecule has 0 spiro atoms.